The molecule has 2 aromatic rings. The third kappa shape index (κ3) is 6.69. The standard InChI is InChI=1S/C22H22Cl2N2O4S/c1-3-9-17(22(28)26(4-2)19-13-8-12-18(23)20(19)24)21(27)25-31(29,30)15-14-16-10-6-5-7-11-16/h3,5-8,10-15,17H,1,4,9H2,2H3,(H,25,27). The number of carbonyl (C=O) groups is 2. The van der Waals surface area contributed by atoms with E-state index in [1.165, 1.54) is 17.1 Å². The van der Waals surface area contributed by atoms with Gasteiger partial charge in [0.15, 0.2) is 0 Å². The van der Waals surface area contributed by atoms with Crippen LogP contribution in [-0.4, -0.2) is 26.8 Å². The van der Waals surface area contributed by atoms with Gasteiger partial charge in [-0.25, -0.2) is 13.1 Å². The SMILES string of the molecule is C=CCC(C(=O)NS(=O)(=O)C=Cc1ccccc1)C(=O)N(CC)c1cccc(Cl)c1Cl. The van der Waals surface area contributed by atoms with Crippen molar-refractivity contribution in [3.63, 3.8) is 0 Å². The Kier molecular flexibility index (Phi) is 8.86. The molecule has 1 unspecified atom stereocenters. The van der Waals surface area contributed by atoms with Crippen LogP contribution in [0.15, 0.2) is 66.6 Å². The van der Waals surface area contributed by atoms with Crippen molar-refractivity contribution in [3.8, 4) is 0 Å². The van der Waals surface area contributed by atoms with Crippen LogP contribution in [0.1, 0.15) is 18.9 Å². The van der Waals surface area contributed by atoms with Crippen LogP contribution >= 0.6 is 23.2 Å². The first kappa shape index (κ1) is 24.7. The topological polar surface area (TPSA) is 83.5 Å². The molecule has 0 aliphatic carbocycles. The minimum atomic E-state index is -4.12. The summed E-state index contributed by atoms with van der Waals surface area (Å²) in [7, 11) is -4.12. The van der Waals surface area contributed by atoms with Gasteiger partial charge in [-0.15, -0.1) is 6.58 Å². The number of benzene rings is 2. The molecule has 2 rings (SSSR count). The number of halogens is 2. The lowest BCUT2D eigenvalue weighted by Crippen LogP contribution is -2.45. The monoisotopic (exact) mass is 480 g/mol. The lowest BCUT2D eigenvalue weighted by molar-refractivity contribution is -0.132. The summed E-state index contributed by atoms with van der Waals surface area (Å²) in [4.78, 5) is 27.2. The summed E-state index contributed by atoms with van der Waals surface area (Å²) in [5, 5.41) is 1.29. The molecule has 0 aliphatic heterocycles. The molecule has 0 heterocycles. The van der Waals surface area contributed by atoms with Gasteiger partial charge >= 0.3 is 0 Å². The first-order valence-corrected chi connectivity index (χ1v) is 11.7. The van der Waals surface area contributed by atoms with Crippen LogP contribution in [0.2, 0.25) is 10.0 Å². The zero-order valence-corrected chi connectivity index (χ0v) is 19.1. The van der Waals surface area contributed by atoms with Gasteiger partial charge in [0, 0.05) is 6.54 Å². The van der Waals surface area contributed by atoms with E-state index in [0.29, 0.717) is 11.3 Å². The van der Waals surface area contributed by atoms with Crippen molar-refractivity contribution in [3.05, 3.63) is 82.2 Å². The van der Waals surface area contributed by atoms with Crippen LogP contribution in [0.25, 0.3) is 6.08 Å². The Morgan fingerprint density at radius 3 is 2.42 bits per heavy atom. The van der Waals surface area contributed by atoms with Crippen molar-refractivity contribution in [2.24, 2.45) is 5.92 Å². The van der Waals surface area contributed by atoms with E-state index in [2.05, 4.69) is 6.58 Å². The van der Waals surface area contributed by atoms with E-state index in [1.807, 2.05) is 4.72 Å². The molecule has 2 aromatic carbocycles. The molecule has 0 fully saturated rings. The van der Waals surface area contributed by atoms with Crippen LogP contribution in [0, 0.1) is 5.92 Å². The molecule has 0 aromatic heterocycles. The molecule has 0 saturated heterocycles. The third-order valence-corrected chi connectivity index (χ3v) is 6.09. The van der Waals surface area contributed by atoms with Gasteiger partial charge in [0.25, 0.3) is 10.0 Å². The van der Waals surface area contributed by atoms with Crippen molar-refractivity contribution < 1.29 is 18.0 Å². The molecule has 0 spiro atoms. The predicted molar refractivity (Wildman–Crippen MR) is 125 cm³/mol. The number of sulfonamides is 1. The number of hydrogen-bond donors (Lipinski definition) is 1. The minimum Gasteiger partial charge on any atom is -0.310 e. The number of allylic oxidation sites excluding steroid dienone is 1. The Morgan fingerprint density at radius 1 is 1.13 bits per heavy atom. The summed E-state index contributed by atoms with van der Waals surface area (Å²) in [5.74, 6) is -2.89. The van der Waals surface area contributed by atoms with Crippen molar-refractivity contribution in [1.29, 1.82) is 0 Å². The zero-order chi connectivity index (χ0) is 23.0. The van der Waals surface area contributed by atoms with Gasteiger partial charge < -0.3 is 4.90 Å². The Balaban J connectivity index is 2.25. The van der Waals surface area contributed by atoms with Gasteiger partial charge in [-0.05, 0) is 37.1 Å². The normalized spacial score (nSPS) is 12.4. The molecule has 1 atom stereocenters. The molecule has 0 saturated carbocycles. The molecule has 9 heteroatoms. The lowest BCUT2D eigenvalue weighted by Gasteiger charge is -2.26. The van der Waals surface area contributed by atoms with Crippen LogP contribution < -0.4 is 9.62 Å². The van der Waals surface area contributed by atoms with Gasteiger partial charge in [0.2, 0.25) is 11.8 Å². The third-order valence-electron chi connectivity index (χ3n) is 4.30. The predicted octanol–water partition coefficient (Wildman–Crippen LogP) is 4.66. The smallest absolute Gasteiger partial charge is 0.257 e. The molecule has 0 radical (unpaired) electrons. The van der Waals surface area contributed by atoms with E-state index in [0.717, 1.165) is 5.41 Å². The van der Waals surface area contributed by atoms with E-state index >= 15 is 0 Å². The maximum Gasteiger partial charge on any atom is 0.257 e. The largest absolute Gasteiger partial charge is 0.310 e. The summed E-state index contributed by atoms with van der Waals surface area (Å²) < 4.78 is 26.6. The number of carbonyl (C=O) groups excluding carboxylic acids is 2. The highest BCUT2D eigenvalue weighted by atomic mass is 35.5. The Labute approximate surface area is 192 Å². The lowest BCUT2D eigenvalue weighted by atomic mass is 10.0. The van der Waals surface area contributed by atoms with Crippen LogP contribution in [0.4, 0.5) is 5.69 Å². The second-order valence-electron chi connectivity index (χ2n) is 6.46. The van der Waals surface area contributed by atoms with E-state index in [4.69, 9.17) is 23.2 Å². The molecule has 6 nitrogen and oxygen atoms in total. The Hall–Kier alpha value is -2.61. The number of anilines is 1. The van der Waals surface area contributed by atoms with Crippen LogP contribution in [0.5, 0.6) is 0 Å². The highest BCUT2D eigenvalue weighted by Crippen LogP contribution is 2.33. The zero-order valence-electron chi connectivity index (χ0n) is 16.8. The van der Waals surface area contributed by atoms with E-state index < -0.39 is 27.8 Å². The van der Waals surface area contributed by atoms with E-state index in [1.54, 1.807) is 55.5 Å². The quantitative estimate of drug-likeness (QED) is 0.417. The van der Waals surface area contributed by atoms with E-state index in [-0.39, 0.29) is 23.0 Å². The fourth-order valence-electron chi connectivity index (χ4n) is 2.80. The number of rotatable bonds is 9. The first-order chi connectivity index (χ1) is 14.7. The molecular formula is C22H22Cl2N2O4S. The molecule has 0 aliphatic rings. The second kappa shape index (κ2) is 11.1. The highest BCUT2D eigenvalue weighted by Gasteiger charge is 2.32. The Bertz CT molecular complexity index is 1090. The second-order valence-corrected chi connectivity index (χ2v) is 8.81. The van der Waals surface area contributed by atoms with Crippen molar-refractivity contribution in [1.82, 2.24) is 4.72 Å². The average molecular weight is 481 g/mol. The molecule has 0 bridgehead atoms. The summed E-state index contributed by atoms with van der Waals surface area (Å²) in [6.45, 7) is 5.47. The van der Waals surface area contributed by atoms with Crippen molar-refractivity contribution >= 4 is 56.8 Å². The fraction of sp³-hybridized carbons (Fsp3) is 0.182. The van der Waals surface area contributed by atoms with Crippen LogP contribution in [0.3, 0.4) is 0 Å². The Morgan fingerprint density at radius 2 is 1.81 bits per heavy atom. The number of nitrogens with zero attached hydrogens (tertiary/aromatic N) is 1. The minimum absolute atomic E-state index is 0.0583. The molecule has 31 heavy (non-hydrogen) atoms. The summed E-state index contributed by atoms with van der Waals surface area (Å²) >= 11 is 12.3. The first-order valence-electron chi connectivity index (χ1n) is 9.36. The molecule has 1 N–H and O–H groups in total. The highest BCUT2D eigenvalue weighted by molar-refractivity contribution is 7.93. The van der Waals surface area contributed by atoms with E-state index in [9.17, 15) is 18.0 Å². The van der Waals surface area contributed by atoms with Gasteiger partial charge in [0.05, 0.1) is 21.1 Å². The van der Waals surface area contributed by atoms with Gasteiger partial charge in [-0.2, -0.15) is 0 Å². The van der Waals surface area contributed by atoms with Crippen LogP contribution in [-0.2, 0) is 19.6 Å². The van der Waals surface area contributed by atoms with Crippen molar-refractivity contribution in [2.45, 2.75) is 13.3 Å². The summed E-state index contributed by atoms with van der Waals surface area (Å²) in [5.41, 5.74) is 0.974. The maximum absolute atomic E-state index is 13.1. The fourth-order valence-corrected chi connectivity index (χ4v) is 4.02. The number of nitrogens with one attached hydrogen (secondary N) is 1. The van der Waals surface area contributed by atoms with Gasteiger partial charge in [0.1, 0.15) is 5.92 Å². The molecule has 2 amide bonds. The maximum atomic E-state index is 13.1. The summed E-state index contributed by atoms with van der Waals surface area (Å²) in [6, 6.07) is 13.5. The summed E-state index contributed by atoms with van der Waals surface area (Å²) in [6.07, 6.45) is 2.67. The average Bonchev–Trinajstić information content (AvgIpc) is 2.74. The van der Waals surface area contributed by atoms with Gasteiger partial charge in [-0.1, -0.05) is 65.7 Å². The number of hydrogen-bond acceptors (Lipinski definition) is 4. The van der Waals surface area contributed by atoms with Crippen molar-refractivity contribution in [2.75, 3.05) is 11.4 Å². The van der Waals surface area contributed by atoms with Gasteiger partial charge in [-0.3, -0.25) is 9.59 Å². The molecular weight excluding hydrogens is 459 g/mol. The number of amides is 2. The molecule has 164 valence electrons.